The quantitative estimate of drug-likeness (QED) is 0.329. The van der Waals surface area contributed by atoms with Crippen LogP contribution in [0.1, 0.15) is 43.0 Å². The van der Waals surface area contributed by atoms with E-state index in [1.54, 1.807) is 28.8 Å². The van der Waals surface area contributed by atoms with E-state index in [9.17, 15) is 14.0 Å². The number of rotatable bonds is 5. The van der Waals surface area contributed by atoms with Crippen LogP contribution >= 0.6 is 11.6 Å². The molecule has 0 saturated carbocycles. The molecule has 0 unspecified atom stereocenters. The predicted molar refractivity (Wildman–Crippen MR) is 154 cm³/mol. The minimum Gasteiger partial charge on any atom is -0.342 e. The zero-order chi connectivity index (χ0) is 27.8. The number of hydrogen-bond donors (Lipinski definition) is 0. The van der Waals surface area contributed by atoms with E-state index in [4.69, 9.17) is 11.6 Å². The second-order valence-corrected chi connectivity index (χ2v) is 11.4. The lowest BCUT2D eigenvalue weighted by Gasteiger charge is -2.37. The van der Waals surface area contributed by atoms with Gasteiger partial charge in [0.25, 0.3) is 0 Å². The first-order valence-corrected chi connectivity index (χ1v) is 14.4. The molecule has 40 heavy (non-hydrogen) atoms. The van der Waals surface area contributed by atoms with Crippen molar-refractivity contribution in [3.63, 3.8) is 0 Å². The highest BCUT2D eigenvalue weighted by Gasteiger charge is 2.32. The minimum absolute atomic E-state index is 0.0346. The molecular weight excluding hydrogens is 529 g/mol. The van der Waals surface area contributed by atoms with Crippen LogP contribution in [0.15, 0.2) is 65.6 Å². The number of hydrogen-bond acceptors (Lipinski definition) is 4. The van der Waals surface area contributed by atoms with Crippen LogP contribution in [0.25, 0.3) is 16.7 Å². The molecule has 208 valence electrons. The van der Waals surface area contributed by atoms with E-state index < -0.39 is 0 Å². The number of nitrogens with zero attached hydrogens (tertiary/aromatic N) is 5. The van der Waals surface area contributed by atoms with Crippen LogP contribution < -0.4 is 5.69 Å². The first-order valence-electron chi connectivity index (χ1n) is 14.0. The van der Waals surface area contributed by atoms with Gasteiger partial charge in [0.15, 0.2) is 0 Å². The smallest absolute Gasteiger partial charge is 0.333 e. The summed E-state index contributed by atoms with van der Waals surface area (Å²) in [6, 6.07) is 15.5. The van der Waals surface area contributed by atoms with Crippen molar-refractivity contribution >= 4 is 28.5 Å². The van der Waals surface area contributed by atoms with Crippen LogP contribution in [0.3, 0.4) is 0 Å². The highest BCUT2D eigenvalue weighted by atomic mass is 35.5. The molecule has 0 aliphatic carbocycles. The van der Waals surface area contributed by atoms with E-state index in [0.717, 1.165) is 43.7 Å². The Labute approximate surface area is 237 Å². The van der Waals surface area contributed by atoms with Gasteiger partial charge in [-0.15, -0.1) is 0 Å². The molecule has 2 aliphatic heterocycles. The Bertz CT molecular complexity index is 1580. The summed E-state index contributed by atoms with van der Waals surface area (Å²) in [7, 11) is 0. The largest absolute Gasteiger partial charge is 0.342 e. The fraction of sp³-hybridized carbons (Fsp3) is 0.387. The van der Waals surface area contributed by atoms with E-state index in [2.05, 4.69) is 22.0 Å². The summed E-state index contributed by atoms with van der Waals surface area (Å²) in [5.41, 5.74) is 4.19. The fourth-order valence-corrected chi connectivity index (χ4v) is 6.45. The fourth-order valence-electron chi connectivity index (χ4n) is 6.29. The predicted octanol–water partition coefficient (Wildman–Crippen LogP) is 5.36. The molecule has 6 rings (SSSR count). The Morgan fingerprint density at radius 1 is 0.950 bits per heavy atom. The Morgan fingerprint density at radius 3 is 2.38 bits per heavy atom. The summed E-state index contributed by atoms with van der Waals surface area (Å²) >= 11 is 6.30. The molecule has 2 aromatic carbocycles. The van der Waals surface area contributed by atoms with Crippen molar-refractivity contribution in [3.8, 4) is 5.69 Å². The van der Waals surface area contributed by atoms with Crippen LogP contribution in [0.2, 0.25) is 5.02 Å². The van der Waals surface area contributed by atoms with Gasteiger partial charge >= 0.3 is 5.69 Å². The van der Waals surface area contributed by atoms with Crippen LogP contribution in [0.4, 0.5) is 4.39 Å². The van der Waals surface area contributed by atoms with Crippen molar-refractivity contribution < 1.29 is 9.18 Å². The standard InChI is InChI=1S/C31H33ClFN5O2/c1-21-18-22(8-13-34-21)20-35-14-9-23(10-15-35)30(39)36-16-11-27(12-17-36)37-28-7-2-24(32)19-29(28)38(31(37)40)26-5-3-25(33)4-6-26/h2-8,13,18-19,23,27H,9-12,14-17,20H2,1H3. The van der Waals surface area contributed by atoms with Gasteiger partial charge < -0.3 is 4.90 Å². The average Bonchev–Trinajstić information content (AvgIpc) is 3.24. The Kier molecular flexibility index (Phi) is 7.47. The SMILES string of the molecule is Cc1cc(CN2CCC(C(=O)N3CCC(n4c(=O)n(-c5ccc(F)cc5)c5cc(Cl)ccc54)CC3)CC2)ccn1. The third kappa shape index (κ3) is 5.30. The van der Waals surface area contributed by atoms with E-state index in [-0.39, 0.29) is 29.4 Å². The Balaban J connectivity index is 1.13. The average molecular weight is 562 g/mol. The number of carbonyl (C=O) groups is 1. The molecule has 4 heterocycles. The van der Waals surface area contributed by atoms with Crippen LogP contribution in [0.5, 0.6) is 0 Å². The summed E-state index contributed by atoms with van der Waals surface area (Å²) in [6.45, 7) is 5.98. The molecule has 2 fully saturated rings. The van der Waals surface area contributed by atoms with Gasteiger partial charge in [0.2, 0.25) is 5.91 Å². The number of imidazole rings is 1. The topological polar surface area (TPSA) is 63.4 Å². The van der Waals surface area contributed by atoms with Crippen molar-refractivity contribution in [2.75, 3.05) is 26.2 Å². The van der Waals surface area contributed by atoms with Crippen LogP contribution in [-0.2, 0) is 11.3 Å². The van der Waals surface area contributed by atoms with Crippen molar-refractivity contribution in [1.29, 1.82) is 0 Å². The monoisotopic (exact) mass is 561 g/mol. The second kappa shape index (κ2) is 11.2. The molecule has 0 atom stereocenters. The highest BCUT2D eigenvalue weighted by Crippen LogP contribution is 2.30. The molecule has 1 amide bonds. The summed E-state index contributed by atoms with van der Waals surface area (Å²) in [4.78, 5) is 35.8. The van der Waals surface area contributed by atoms with E-state index in [0.29, 0.717) is 42.2 Å². The Morgan fingerprint density at radius 2 is 1.68 bits per heavy atom. The molecule has 9 heteroatoms. The molecule has 0 N–H and O–H groups in total. The number of likely N-dealkylation sites (tertiary alicyclic amines) is 2. The zero-order valence-corrected chi connectivity index (χ0v) is 23.4. The normalized spacial score (nSPS) is 17.5. The maximum atomic E-state index is 13.7. The number of aromatic nitrogens is 3. The third-order valence-electron chi connectivity index (χ3n) is 8.37. The number of benzene rings is 2. The first kappa shape index (κ1) is 26.7. The maximum absolute atomic E-state index is 13.7. The van der Waals surface area contributed by atoms with Crippen molar-refractivity contribution in [2.24, 2.45) is 5.92 Å². The van der Waals surface area contributed by atoms with E-state index >= 15 is 0 Å². The van der Waals surface area contributed by atoms with Gasteiger partial charge in [-0.3, -0.25) is 23.8 Å². The van der Waals surface area contributed by atoms with Crippen molar-refractivity contribution in [2.45, 2.75) is 45.2 Å². The lowest BCUT2D eigenvalue weighted by molar-refractivity contribution is -0.138. The van der Waals surface area contributed by atoms with Gasteiger partial charge in [0.1, 0.15) is 5.82 Å². The van der Waals surface area contributed by atoms with Crippen molar-refractivity contribution in [3.05, 3.63) is 93.4 Å². The molecular formula is C31H33ClFN5O2. The van der Waals surface area contributed by atoms with E-state index in [1.165, 1.54) is 17.7 Å². The number of amides is 1. The number of aryl methyl sites for hydroxylation is 1. The maximum Gasteiger partial charge on any atom is 0.333 e. The Hall–Kier alpha value is -3.49. The van der Waals surface area contributed by atoms with Crippen LogP contribution in [0, 0.1) is 18.7 Å². The van der Waals surface area contributed by atoms with Gasteiger partial charge in [-0.1, -0.05) is 11.6 Å². The van der Waals surface area contributed by atoms with E-state index in [1.807, 2.05) is 28.7 Å². The number of piperidine rings is 2. The summed E-state index contributed by atoms with van der Waals surface area (Å²) < 4.78 is 17.0. The van der Waals surface area contributed by atoms with Crippen molar-refractivity contribution in [1.82, 2.24) is 23.9 Å². The molecule has 2 saturated heterocycles. The van der Waals surface area contributed by atoms with Gasteiger partial charge in [-0.25, -0.2) is 9.18 Å². The zero-order valence-electron chi connectivity index (χ0n) is 22.6. The molecule has 0 spiro atoms. The number of carbonyl (C=O) groups excluding carboxylic acids is 1. The lowest BCUT2D eigenvalue weighted by atomic mass is 9.93. The van der Waals surface area contributed by atoms with Crippen LogP contribution in [-0.4, -0.2) is 56.0 Å². The second-order valence-electron chi connectivity index (χ2n) is 11.0. The number of pyridine rings is 1. The molecule has 7 nitrogen and oxygen atoms in total. The molecule has 0 bridgehead atoms. The molecule has 2 aromatic heterocycles. The lowest BCUT2D eigenvalue weighted by Crippen LogP contribution is -2.46. The molecule has 2 aliphatic rings. The van der Waals surface area contributed by atoms with Gasteiger partial charge in [0, 0.05) is 48.5 Å². The van der Waals surface area contributed by atoms with Gasteiger partial charge in [-0.2, -0.15) is 0 Å². The summed E-state index contributed by atoms with van der Waals surface area (Å²) in [6.07, 6.45) is 5.00. The van der Waals surface area contributed by atoms with Gasteiger partial charge in [-0.05, 0) is 106 Å². The number of halogens is 2. The summed E-state index contributed by atoms with van der Waals surface area (Å²) in [5.74, 6) is -0.0620. The third-order valence-corrected chi connectivity index (χ3v) is 8.60. The molecule has 4 aromatic rings. The molecule has 0 radical (unpaired) electrons. The number of fused-ring (bicyclic) bond motifs is 1. The minimum atomic E-state index is -0.356. The first-order chi connectivity index (χ1) is 19.4. The highest BCUT2D eigenvalue weighted by molar-refractivity contribution is 6.31. The summed E-state index contributed by atoms with van der Waals surface area (Å²) in [5, 5.41) is 0.530. The van der Waals surface area contributed by atoms with Gasteiger partial charge in [0.05, 0.1) is 16.7 Å².